The minimum absolute atomic E-state index is 0. The summed E-state index contributed by atoms with van der Waals surface area (Å²) in [5.41, 5.74) is 0.744. The van der Waals surface area contributed by atoms with Gasteiger partial charge in [0.15, 0.2) is 0 Å². The van der Waals surface area contributed by atoms with E-state index >= 15 is 0 Å². The predicted octanol–water partition coefficient (Wildman–Crippen LogP) is -0.393. The van der Waals surface area contributed by atoms with Gasteiger partial charge in [0, 0.05) is 24.4 Å². The Hall–Kier alpha value is -0.990. The minimum atomic E-state index is -1.05. The molecule has 1 rings (SSSR count). The Bertz CT molecular complexity index is 534. The molecule has 5 heteroatoms. The molecular formula is C19H25NaO4. The Morgan fingerprint density at radius 3 is 2.71 bits per heavy atom. The van der Waals surface area contributed by atoms with Crippen molar-refractivity contribution >= 4 is 5.97 Å². The van der Waals surface area contributed by atoms with E-state index in [-0.39, 0.29) is 36.0 Å². The maximum Gasteiger partial charge on any atom is 1.00 e. The smallest absolute Gasteiger partial charge is 0.550 e. The van der Waals surface area contributed by atoms with Crippen LogP contribution in [0, 0.1) is 11.8 Å². The minimum Gasteiger partial charge on any atom is -0.550 e. The molecule has 1 unspecified atom stereocenters. The molecule has 0 spiro atoms. The largest absolute Gasteiger partial charge is 1.00 e. The van der Waals surface area contributed by atoms with Crippen LogP contribution in [0.5, 0.6) is 5.75 Å². The van der Waals surface area contributed by atoms with Crippen molar-refractivity contribution in [3.05, 3.63) is 29.8 Å². The van der Waals surface area contributed by atoms with Crippen LogP contribution in [0.15, 0.2) is 24.3 Å². The molecule has 126 valence electrons. The number of aliphatic carboxylic acids is 1. The van der Waals surface area contributed by atoms with Crippen LogP contribution < -0.4 is 39.4 Å². The number of unbranched alkanes of at least 4 members (excludes halogenated alkanes) is 3. The summed E-state index contributed by atoms with van der Waals surface area (Å²) in [5.74, 6) is 5.42. The van der Waals surface area contributed by atoms with E-state index in [1.807, 2.05) is 24.3 Å². The topological polar surface area (TPSA) is 69.6 Å². The van der Waals surface area contributed by atoms with Gasteiger partial charge in [-0.15, -0.1) is 11.8 Å². The molecular weight excluding hydrogens is 315 g/mol. The zero-order chi connectivity index (χ0) is 16.9. The number of carbonyl (C=O) groups excluding carboxylic acids is 1. The molecule has 0 radical (unpaired) electrons. The molecule has 0 heterocycles. The van der Waals surface area contributed by atoms with E-state index < -0.39 is 12.1 Å². The number of rotatable bonds is 10. The number of aliphatic hydroxyl groups is 1. The number of benzene rings is 1. The fourth-order valence-electron chi connectivity index (χ4n) is 2.11. The van der Waals surface area contributed by atoms with Crippen LogP contribution in [0.25, 0.3) is 0 Å². The average Bonchev–Trinajstić information content (AvgIpc) is 2.54. The van der Waals surface area contributed by atoms with Gasteiger partial charge in [-0.25, -0.2) is 0 Å². The van der Waals surface area contributed by atoms with Crippen LogP contribution in [0.1, 0.15) is 63.5 Å². The summed E-state index contributed by atoms with van der Waals surface area (Å²) in [4.78, 5) is 10.3. The molecule has 1 atom stereocenters. The van der Waals surface area contributed by atoms with Gasteiger partial charge < -0.3 is 19.7 Å². The van der Waals surface area contributed by atoms with Crippen LogP contribution in [0.2, 0.25) is 0 Å². The van der Waals surface area contributed by atoms with Gasteiger partial charge in [-0.2, -0.15) is 0 Å². The maximum atomic E-state index is 10.3. The van der Waals surface area contributed by atoms with Crippen molar-refractivity contribution in [1.82, 2.24) is 0 Å². The molecule has 0 aliphatic carbocycles. The number of ether oxygens (including phenoxy) is 1. The van der Waals surface area contributed by atoms with Gasteiger partial charge in [0.05, 0.1) is 12.7 Å². The third kappa shape index (κ3) is 10.00. The van der Waals surface area contributed by atoms with Crippen LogP contribution >= 0.6 is 0 Å². The molecule has 0 aliphatic heterocycles. The Morgan fingerprint density at radius 2 is 2.00 bits per heavy atom. The Balaban J connectivity index is 0.00000529. The fourth-order valence-corrected chi connectivity index (χ4v) is 2.11. The number of hydrogen-bond donors (Lipinski definition) is 1. The van der Waals surface area contributed by atoms with Crippen LogP contribution in [-0.2, 0) is 4.79 Å². The monoisotopic (exact) mass is 340 g/mol. The predicted molar refractivity (Wildman–Crippen MR) is 87.7 cm³/mol. The molecule has 24 heavy (non-hydrogen) atoms. The van der Waals surface area contributed by atoms with Gasteiger partial charge in [0.1, 0.15) is 5.75 Å². The van der Waals surface area contributed by atoms with Gasteiger partial charge in [0.25, 0.3) is 0 Å². The molecule has 1 aromatic carbocycles. The summed E-state index contributed by atoms with van der Waals surface area (Å²) in [6.07, 6.45) is 3.86. The third-order valence-electron chi connectivity index (χ3n) is 3.39. The van der Waals surface area contributed by atoms with Crippen molar-refractivity contribution in [3.8, 4) is 17.6 Å². The van der Waals surface area contributed by atoms with Gasteiger partial charge in [0.2, 0.25) is 0 Å². The van der Waals surface area contributed by atoms with Crippen LogP contribution in [0.3, 0.4) is 0 Å². The Kier molecular flexibility index (Phi) is 13.8. The number of hydrogen-bond acceptors (Lipinski definition) is 4. The number of aliphatic hydroxyl groups excluding tert-OH is 1. The molecule has 4 nitrogen and oxygen atoms in total. The summed E-state index contributed by atoms with van der Waals surface area (Å²) in [6, 6.07) is 7.46. The third-order valence-corrected chi connectivity index (χ3v) is 3.39. The first kappa shape index (κ1) is 23.0. The van der Waals surface area contributed by atoms with E-state index in [9.17, 15) is 15.0 Å². The first-order chi connectivity index (χ1) is 11.1. The summed E-state index contributed by atoms with van der Waals surface area (Å²) >= 11 is 0. The summed E-state index contributed by atoms with van der Waals surface area (Å²) in [6.45, 7) is 2.79. The second kappa shape index (κ2) is 14.4. The number of carboxylic acids is 1. The number of carbonyl (C=O) groups is 1. The Labute approximate surface area is 166 Å². The SMILES string of the molecule is CCCCCOc1ccccc1C(O)CC#CCCCC(=O)[O-].[Na+]. The summed E-state index contributed by atoms with van der Waals surface area (Å²) < 4.78 is 5.75. The molecule has 0 fully saturated rings. The van der Waals surface area contributed by atoms with Gasteiger partial charge in [-0.1, -0.05) is 38.0 Å². The zero-order valence-corrected chi connectivity index (χ0v) is 16.7. The van der Waals surface area contributed by atoms with Gasteiger partial charge in [-0.3, -0.25) is 0 Å². The van der Waals surface area contributed by atoms with E-state index in [2.05, 4.69) is 18.8 Å². The quantitative estimate of drug-likeness (QED) is 0.358. The second-order valence-corrected chi connectivity index (χ2v) is 5.39. The number of para-hydroxylation sites is 1. The van der Waals surface area contributed by atoms with Crippen molar-refractivity contribution in [2.45, 2.75) is 58.0 Å². The van der Waals surface area contributed by atoms with E-state index in [1.165, 1.54) is 0 Å². The van der Waals surface area contributed by atoms with Crippen molar-refractivity contribution in [3.63, 3.8) is 0 Å². The van der Waals surface area contributed by atoms with Crippen molar-refractivity contribution in [2.75, 3.05) is 6.61 Å². The summed E-state index contributed by atoms with van der Waals surface area (Å²) in [7, 11) is 0. The van der Waals surface area contributed by atoms with E-state index in [0.717, 1.165) is 24.8 Å². The van der Waals surface area contributed by atoms with Crippen molar-refractivity contribution in [1.29, 1.82) is 0 Å². The molecule has 1 aromatic rings. The average molecular weight is 340 g/mol. The maximum absolute atomic E-state index is 10.3. The molecule has 0 amide bonds. The van der Waals surface area contributed by atoms with Gasteiger partial charge >= 0.3 is 29.6 Å². The standard InChI is InChI=1S/C19H26O4.Na/c1-2-3-10-15-23-18-13-9-8-11-16(18)17(20)12-6-4-5-7-14-19(21)22;/h8-9,11,13,17,20H,2-3,5,7,10,12,14-15H2,1H3,(H,21,22);/q;+1/p-1. The first-order valence-corrected chi connectivity index (χ1v) is 8.20. The Morgan fingerprint density at radius 1 is 1.25 bits per heavy atom. The fraction of sp³-hybridized carbons (Fsp3) is 0.526. The van der Waals surface area contributed by atoms with Crippen LogP contribution in [0.4, 0.5) is 0 Å². The van der Waals surface area contributed by atoms with Crippen LogP contribution in [-0.4, -0.2) is 17.7 Å². The molecule has 0 saturated carbocycles. The first-order valence-electron chi connectivity index (χ1n) is 8.20. The molecule has 0 bridgehead atoms. The zero-order valence-electron chi connectivity index (χ0n) is 14.7. The molecule has 0 saturated heterocycles. The van der Waals surface area contributed by atoms with E-state index in [0.29, 0.717) is 31.6 Å². The molecule has 1 N–H and O–H groups in total. The molecule has 0 aliphatic rings. The summed E-state index contributed by atoms with van der Waals surface area (Å²) in [5, 5.41) is 20.5. The van der Waals surface area contributed by atoms with Crippen molar-refractivity contribution < 1.29 is 49.3 Å². The normalized spacial score (nSPS) is 10.9. The van der Waals surface area contributed by atoms with E-state index in [1.54, 1.807) is 0 Å². The molecule has 0 aromatic heterocycles. The number of carboxylic acid groups (broad SMARTS) is 1. The van der Waals surface area contributed by atoms with Crippen molar-refractivity contribution in [2.24, 2.45) is 0 Å². The van der Waals surface area contributed by atoms with E-state index in [4.69, 9.17) is 4.74 Å². The van der Waals surface area contributed by atoms with Gasteiger partial charge in [-0.05, 0) is 25.3 Å². The second-order valence-electron chi connectivity index (χ2n) is 5.39.